The molecule has 4 aromatic rings. The second kappa shape index (κ2) is 16.6. The summed E-state index contributed by atoms with van der Waals surface area (Å²) < 4.78 is 42.3. The predicted molar refractivity (Wildman–Crippen MR) is 207 cm³/mol. The van der Waals surface area contributed by atoms with E-state index < -0.39 is 43.4 Å². The summed E-state index contributed by atoms with van der Waals surface area (Å²) in [5, 5.41) is 6.05. The number of amides is 3. The van der Waals surface area contributed by atoms with Crippen molar-refractivity contribution in [2.45, 2.75) is 88.4 Å². The highest BCUT2D eigenvalue weighted by Gasteiger charge is 2.48. The predicted octanol–water partition coefficient (Wildman–Crippen LogP) is 6.74. The Kier molecular flexibility index (Phi) is 11.7. The van der Waals surface area contributed by atoms with Crippen molar-refractivity contribution in [3.05, 3.63) is 95.1 Å². The molecule has 15 heteroatoms. The van der Waals surface area contributed by atoms with Crippen LogP contribution in [0, 0.1) is 0 Å². The molecule has 3 aliphatic heterocycles. The standard InChI is InChI=1S/C40H45FN5O7PS/c1-3-19-52-40(50)25(2)44-54(51,53-31-11-5-4-6-12-31)36(41)26-14-17-34-28(20-26)21-35(55-34)37(47)43-32-13-7-10-30-15-16-33(46(30)38(32)48)39(49)45-23-29(24-45)27-9-8-18-42-22-27/h4-6,8-9,11-12,14,17-18,20-22,25,29-30,32-33,36H,3,7,10,13,15-16,19,23-24H2,1-2H3,(H,43,47)(H,44,51)/t25-,30-,32-,33-,36-,54-/m0/s1. The zero-order valence-corrected chi connectivity index (χ0v) is 32.5. The van der Waals surface area contributed by atoms with Crippen LogP contribution in [0.5, 0.6) is 5.75 Å². The van der Waals surface area contributed by atoms with Crippen LogP contribution >= 0.6 is 18.9 Å². The highest BCUT2D eigenvalue weighted by Crippen LogP contribution is 2.58. The molecule has 55 heavy (non-hydrogen) atoms. The molecule has 290 valence electrons. The zero-order valence-electron chi connectivity index (χ0n) is 30.8. The van der Waals surface area contributed by atoms with Crippen LogP contribution in [-0.2, 0) is 23.7 Å². The summed E-state index contributed by atoms with van der Waals surface area (Å²) in [5.41, 5.74) is 1.12. The van der Waals surface area contributed by atoms with Gasteiger partial charge in [-0.1, -0.05) is 37.3 Å². The Bertz CT molecular complexity index is 2080. The number of alkyl halides is 1. The number of carbonyl (C=O) groups is 4. The number of hydrogen-bond donors (Lipinski definition) is 2. The minimum Gasteiger partial charge on any atom is -0.465 e. The number of halogens is 1. The molecule has 0 radical (unpaired) electrons. The number of benzene rings is 2. The molecule has 0 saturated carbocycles. The number of fused-ring (bicyclic) bond motifs is 2. The Morgan fingerprint density at radius 1 is 1.04 bits per heavy atom. The summed E-state index contributed by atoms with van der Waals surface area (Å²) in [4.78, 5) is 62.0. The first kappa shape index (κ1) is 38.6. The lowest BCUT2D eigenvalue weighted by Crippen LogP contribution is -2.58. The van der Waals surface area contributed by atoms with E-state index >= 15 is 4.39 Å². The van der Waals surface area contributed by atoms with Gasteiger partial charge in [0.25, 0.3) is 5.91 Å². The third-order valence-corrected chi connectivity index (χ3v) is 13.8. The van der Waals surface area contributed by atoms with Gasteiger partial charge in [0.1, 0.15) is 23.9 Å². The minimum atomic E-state index is -4.43. The maximum Gasteiger partial charge on any atom is 0.355 e. The number of rotatable bonds is 13. The molecule has 3 saturated heterocycles. The van der Waals surface area contributed by atoms with Crippen molar-refractivity contribution in [3.63, 3.8) is 0 Å². The molecule has 3 aliphatic rings. The second-order valence-electron chi connectivity index (χ2n) is 14.4. The lowest BCUT2D eigenvalue weighted by molar-refractivity contribution is -0.148. The first-order valence-corrected chi connectivity index (χ1v) is 21.3. The molecular weight excluding hydrogens is 745 g/mol. The smallest absolute Gasteiger partial charge is 0.355 e. The summed E-state index contributed by atoms with van der Waals surface area (Å²) in [6.45, 7) is 4.62. The van der Waals surface area contributed by atoms with Gasteiger partial charge in [-0.15, -0.1) is 11.3 Å². The SMILES string of the molecule is CCCOC(=O)[C@H](C)N[P@@](=O)(Oc1ccccc1)[C@H](F)c1ccc2sc(C(=O)N[C@H]3CCC[C@H]4CC[C@@H](C(=O)N5CC(c6cccnc6)C5)N4C3=O)cc2c1. The summed E-state index contributed by atoms with van der Waals surface area (Å²) in [6, 6.07) is 15.8. The fraction of sp³-hybridized carbons (Fsp3) is 0.425. The number of aromatic nitrogens is 1. The summed E-state index contributed by atoms with van der Waals surface area (Å²) in [6.07, 6.45) is 7.44. The lowest BCUT2D eigenvalue weighted by Gasteiger charge is -2.42. The van der Waals surface area contributed by atoms with E-state index in [0.29, 0.717) is 47.3 Å². The Morgan fingerprint density at radius 3 is 2.58 bits per heavy atom. The van der Waals surface area contributed by atoms with Gasteiger partial charge in [-0.05, 0) is 98.4 Å². The van der Waals surface area contributed by atoms with E-state index in [4.69, 9.17) is 9.26 Å². The summed E-state index contributed by atoms with van der Waals surface area (Å²) in [5.74, 6) is -3.22. The summed E-state index contributed by atoms with van der Waals surface area (Å²) in [7, 11) is -4.43. The van der Waals surface area contributed by atoms with Crippen molar-refractivity contribution >= 4 is 52.6 Å². The number of nitrogens with one attached hydrogen (secondary N) is 2. The normalized spacial score (nSPS) is 22.2. The number of para-hydroxylation sites is 1. The molecule has 3 amide bonds. The molecule has 6 atom stereocenters. The van der Waals surface area contributed by atoms with Gasteiger partial charge in [0.05, 0.1) is 11.5 Å². The number of hydrogen-bond acceptors (Lipinski definition) is 9. The van der Waals surface area contributed by atoms with Crippen molar-refractivity contribution in [3.8, 4) is 5.75 Å². The highest BCUT2D eigenvalue weighted by molar-refractivity contribution is 7.57. The maximum absolute atomic E-state index is 16.4. The van der Waals surface area contributed by atoms with E-state index in [9.17, 15) is 23.7 Å². The average molecular weight is 790 g/mol. The van der Waals surface area contributed by atoms with E-state index in [0.717, 1.165) is 24.8 Å². The molecule has 2 N–H and O–H groups in total. The number of esters is 1. The lowest BCUT2D eigenvalue weighted by atomic mass is 9.92. The number of carbonyl (C=O) groups excluding carboxylic acids is 4. The first-order valence-electron chi connectivity index (χ1n) is 18.8. The van der Waals surface area contributed by atoms with Gasteiger partial charge in [0.2, 0.25) is 17.7 Å². The van der Waals surface area contributed by atoms with E-state index in [1.807, 2.05) is 30.2 Å². The molecule has 2 aromatic carbocycles. The number of pyridine rings is 1. The van der Waals surface area contributed by atoms with E-state index in [-0.39, 0.29) is 41.7 Å². The van der Waals surface area contributed by atoms with E-state index in [1.54, 1.807) is 53.6 Å². The van der Waals surface area contributed by atoms with Crippen LogP contribution in [0.3, 0.4) is 0 Å². The van der Waals surface area contributed by atoms with Gasteiger partial charge in [-0.3, -0.25) is 28.7 Å². The molecule has 0 spiro atoms. The molecule has 12 nitrogen and oxygen atoms in total. The molecule has 5 heterocycles. The van der Waals surface area contributed by atoms with Crippen molar-refractivity contribution in [2.24, 2.45) is 0 Å². The van der Waals surface area contributed by atoms with Crippen LogP contribution in [0.1, 0.15) is 85.0 Å². The zero-order chi connectivity index (χ0) is 38.7. The Morgan fingerprint density at radius 2 is 1.84 bits per heavy atom. The second-order valence-corrected chi connectivity index (χ2v) is 17.6. The number of likely N-dealkylation sites (tertiary alicyclic amines) is 1. The van der Waals surface area contributed by atoms with Crippen molar-refractivity contribution < 1.29 is 37.4 Å². The largest absolute Gasteiger partial charge is 0.465 e. The number of ether oxygens (including phenoxy) is 1. The quantitative estimate of drug-likeness (QED) is 0.111. The van der Waals surface area contributed by atoms with Crippen LogP contribution in [0.25, 0.3) is 10.1 Å². The van der Waals surface area contributed by atoms with Crippen LogP contribution in [0.4, 0.5) is 4.39 Å². The minimum absolute atomic E-state index is 0.0295. The number of thiophene rings is 1. The Hall–Kier alpha value is -4.65. The van der Waals surface area contributed by atoms with Gasteiger partial charge < -0.3 is 24.4 Å². The maximum atomic E-state index is 16.4. The van der Waals surface area contributed by atoms with Crippen molar-refractivity contribution in [1.29, 1.82) is 0 Å². The van der Waals surface area contributed by atoms with Crippen LogP contribution in [-0.4, -0.2) is 82.3 Å². The van der Waals surface area contributed by atoms with Gasteiger partial charge in [0, 0.05) is 42.1 Å². The van der Waals surface area contributed by atoms with E-state index in [2.05, 4.69) is 15.4 Å². The topological polar surface area (TPSA) is 147 Å². The Labute approximate surface area is 323 Å². The average Bonchev–Trinajstić information content (AvgIpc) is 3.77. The van der Waals surface area contributed by atoms with Crippen LogP contribution in [0.2, 0.25) is 0 Å². The molecule has 7 rings (SSSR count). The molecule has 3 fully saturated rings. The van der Waals surface area contributed by atoms with Crippen molar-refractivity contribution in [1.82, 2.24) is 25.2 Å². The monoisotopic (exact) mass is 789 g/mol. The van der Waals surface area contributed by atoms with Crippen molar-refractivity contribution in [2.75, 3.05) is 19.7 Å². The van der Waals surface area contributed by atoms with Crippen LogP contribution < -0.4 is 14.9 Å². The fourth-order valence-electron chi connectivity index (χ4n) is 7.61. The highest BCUT2D eigenvalue weighted by atomic mass is 32.1. The van der Waals surface area contributed by atoms with E-state index in [1.165, 1.54) is 30.4 Å². The van der Waals surface area contributed by atoms with Gasteiger partial charge in [0.15, 0.2) is 0 Å². The van der Waals surface area contributed by atoms with Gasteiger partial charge >= 0.3 is 13.5 Å². The first-order chi connectivity index (χ1) is 26.5. The molecule has 0 unspecified atom stereocenters. The number of nitrogens with zero attached hydrogens (tertiary/aromatic N) is 3. The molecule has 2 aromatic heterocycles. The third-order valence-electron chi connectivity index (χ3n) is 10.5. The van der Waals surface area contributed by atoms with Gasteiger partial charge in [-0.25, -0.2) is 9.48 Å². The molecule has 0 bridgehead atoms. The fourth-order valence-corrected chi connectivity index (χ4v) is 10.5. The molecular formula is C40H45FN5O7PS. The third kappa shape index (κ3) is 8.32. The summed E-state index contributed by atoms with van der Waals surface area (Å²) >= 11 is 1.19. The molecule has 0 aliphatic carbocycles. The Balaban J connectivity index is 1.04. The van der Waals surface area contributed by atoms with Crippen LogP contribution in [0.15, 0.2) is 79.1 Å². The van der Waals surface area contributed by atoms with Gasteiger partial charge in [-0.2, -0.15) is 0 Å².